The van der Waals surface area contributed by atoms with Crippen molar-refractivity contribution in [3.8, 4) is 0 Å². The van der Waals surface area contributed by atoms with Gasteiger partial charge in [-0.1, -0.05) is 93.6 Å². The van der Waals surface area contributed by atoms with Crippen molar-refractivity contribution in [2.24, 2.45) is 11.8 Å². The number of benzene rings is 3. The molecule has 1 aliphatic heterocycles. The summed E-state index contributed by atoms with van der Waals surface area (Å²) in [6.07, 6.45) is 2.53. The first kappa shape index (κ1) is 33.5. The first-order valence-corrected chi connectivity index (χ1v) is 18.0. The van der Waals surface area contributed by atoms with E-state index in [4.69, 9.17) is 18.6 Å². The lowest BCUT2D eigenvalue weighted by Gasteiger charge is -2.44. The number of esters is 1. The first-order chi connectivity index (χ1) is 21.6. The van der Waals surface area contributed by atoms with Gasteiger partial charge in [-0.3, -0.25) is 4.79 Å². The van der Waals surface area contributed by atoms with Crippen LogP contribution < -0.4 is 10.4 Å². The lowest BCUT2D eigenvalue weighted by molar-refractivity contribution is -0.198. The van der Waals surface area contributed by atoms with Gasteiger partial charge in [-0.2, -0.15) is 0 Å². The Balaban J connectivity index is 1.62. The highest BCUT2D eigenvalue weighted by Gasteiger charge is 2.58. The van der Waals surface area contributed by atoms with Gasteiger partial charge in [0.25, 0.3) is 8.32 Å². The molecule has 1 N–H and O–H groups in total. The molecule has 2 fully saturated rings. The number of halogens is 1. The fraction of sp³-hybridized carbons (Fsp3) is 0.486. The molecule has 8 heteroatoms. The van der Waals surface area contributed by atoms with E-state index in [1.807, 2.05) is 12.1 Å². The number of methoxy groups -OCH3 is 1. The van der Waals surface area contributed by atoms with Gasteiger partial charge in [-0.15, -0.1) is 0 Å². The summed E-state index contributed by atoms with van der Waals surface area (Å²) >= 11 is 0. The van der Waals surface area contributed by atoms with Crippen LogP contribution in [0.4, 0.5) is 4.39 Å². The minimum atomic E-state index is -2.93. The Hall–Kier alpha value is -2.88. The summed E-state index contributed by atoms with van der Waals surface area (Å²) in [6, 6.07) is 27.2. The van der Waals surface area contributed by atoms with Gasteiger partial charge in [-0.25, -0.2) is 4.39 Å². The number of rotatable bonds is 11. The Labute approximate surface area is 268 Å². The molecule has 3 aromatic carbocycles. The van der Waals surface area contributed by atoms with Gasteiger partial charge in [0.2, 0.25) is 0 Å². The number of hydrogen-bond acceptors (Lipinski definition) is 6. The van der Waals surface area contributed by atoms with Gasteiger partial charge in [0.15, 0.2) is 6.29 Å². The van der Waals surface area contributed by atoms with Gasteiger partial charge in [0.05, 0.1) is 19.8 Å². The standard InChI is InChI=1S/C37H47FO6Si/c1-36(2,3)45(29-13-7-5-8-14-29,30-15-9-6-10-16-30)43-25-31-32(23-34(40)41-4)37(26-39,27-18-20-28(38)21-19-27)24-33(31)44-35-17-11-12-22-42-35/h5-10,13-16,18-21,31-33,35,39H,11-12,17,22-26H2,1-4H3. The van der Waals surface area contributed by atoms with Crippen molar-refractivity contribution >= 4 is 24.7 Å². The third-order valence-corrected chi connectivity index (χ3v) is 15.0. The highest BCUT2D eigenvalue weighted by Crippen LogP contribution is 2.53. The fourth-order valence-electron chi connectivity index (χ4n) is 7.70. The van der Waals surface area contributed by atoms with Gasteiger partial charge in [-0.05, 0) is 64.7 Å². The van der Waals surface area contributed by atoms with Crippen LogP contribution in [0.1, 0.15) is 58.4 Å². The maximum absolute atomic E-state index is 14.1. The van der Waals surface area contributed by atoms with E-state index >= 15 is 0 Å². The lowest BCUT2D eigenvalue weighted by Crippen LogP contribution is -2.67. The van der Waals surface area contributed by atoms with Crippen LogP contribution in [0.3, 0.4) is 0 Å². The third-order valence-electron chi connectivity index (χ3n) is 9.96. The zero-order valence-corrected chi connectivity index (χ0v) is 27.9. The number of aliphatic hydroxyl groups excluding tert-OH is 1. The quantitative estimate of drug-likeness (QED) is 0.214. The molecule has 5 rings (SSSR count). The molecule has 5 unspecified atom stereocenters. The monoisotopic (exact) mass is 634 g/mol. The topological polar surface area (TPSA) is 74.2 Å². The molecule has 3 aromatic rings. The molecule has 0 spiro atoms. The number of ether oxygens (including phenoxy) is 3. The van der Waals surface area contributed by atoms with E-state index in [1.54, 1.807) is 12.1 Å². The molecular weight excluding hydrogens is 587 g/mol. The minimum Gasteiger partial charge on any atom is -0.469 e. The van der Waals surface area contributed by atoms with E-state index in [0.717, 1.165) is 35.2 Å². The second kappa shape index (κ2) is 14.3. The molecule has 0 aromatic heterocycles. The predicted molar refractivity (Wildman–Crippen MR) is 175 cm³/mol. The van der Waals surface area contributed by atoms with E-state index in [9.17, 15) is 14.3 Å². The average Bonchev–Trinajstić information content (AvgIpc) is 3.34. The van der Waals surface area contributed by atoms with E-state index in [1.165, 1.54) is 19.2 Å². The molecule has 0 bridgehead atoms. The SMILES string of the molecule is COC(=O)CC1C(CO[Si](c2ccccc2)(c2ccccc2)C(C)(C)C)C(OC2CCCCO2)CC1(CO)c1ccc(F)cc1. The van der Waals surface area contributed by atoms with Gasteiger partial charge < -0.3 is 23.7 Å². The molecule has 1 saturated heterocycles. The maximum Gasteiger partial charge on any atom is 0.305 e. The van der Waals surface area contributed by atoms with Crippen LogP contribution in [-0.4, -0.2) is 58.7 Å². The van der Waals surface area contributed by atoms with Gasteiger partial charge >= 0.3 is 5.97 Å². The Morgan fingerprint density at radius 1 is 0.978 bits per heavy atom. The maximum atomic E-state index is 14.1. The lowest BCUT2D eigenvalue weighted by atomic mass is 9.69. The van der Waals surface area contributed by atoms with E-state index in [2.05, 4.69) is 69.3 Å². The van der Waals surface area contributed by atoms with Crippen LogP contribution in [0.25, 0.3) is 0 Å². The Morgan fingerprint density at radius 2 is 1.60 bits per heavy atom. The van der Waals surface area contributed by atoms with Crippen molar-refractivity contribution in [1.29, 1.82) is 0 Å². The minimum absolute atomic E-state index is 0.0641. The van der Waals surface area contributed by atoms with E-state index < -0.39 is 19.7 Å². The van der Waals surface area contributed by atoms with Crippen LogP contribution in [0, 0.1) is 17.7 Å². The molecule has 5 atom stereocenters. The molecule has 2 aliphatic rings. The molecule has 0 amide bonds. The van der Waals surface area contributed by atoms with Crippen LogP contribution in [-0.2, 0) is 28.8 Å². The van der Waals surface area contributed by atoms with Gasteiger partial charge in [0.1, 0.15) is 5.82 Å². The molecule has 45 heavy (non-hydrogen) atoms. The molecule has 0 radical (unpaired) electrons. The van der Waals surface area contributed by atoms with Crippen molar-refractivity contribution in [2.75, 3.05) is 26.9 Å². The van der Waals surface area contributed by atoms with Crippen LogP contribution in [0.5, 0.6) is 0 Å². The first-order valence-electron chi connectivity index (χ1n) is 16.1. The van der Waals surface area contributed by atoms with Gasteiger partial charge in [0, 0.05) is 31.0 Å². The van der Waals surface area contributed by atoms with Crippen molar-refractivity contribution in [3.63, 3.8) is 0 Å². The number of carbonyl (C=O) groups excluding carboxylic acids is 1. The number of hydrogen-bond donors (Lipinski definition) is 1. The van der Waals surface area contributed by atoms with E-state index in [0.29, 0.717) is 19.6 Å². The zero-order chi connectivity index (χ0) is 32.1. The largest absolute Gasteiger partial charge is 0.469 e. The zero-order valence-electron chi connectivity index (χ0n) is 26.9. The average molecular weight is 635 g/mol. The number of carbonyl (C=O) groups is 1. The van der Waals surface area contributed by atoms with Crippen molar-refractivity contribution in [1.82, 2.24) is 0 Å². The molecular formula is C37H47FO6Si. The second-order valence-corrected chi connectivity index (χ2v) is 17.8. The summed E-state index contributed by atoms with van der Waals surface area (Å²) in [7, 11) is -1.55. The summed E-state index contributed by atoms with van der Waals surface area (Å²) in [5, 5.41) is 13.3. The summed E-state index contributed by atoms with van der Waals surface area (Å²) in [5.74, 6) is -1.41. The van der Waals surface area contributed by atoms with Crippen LogP contribution in [0.15, 0.2) is 84.9 Å². The summed E-state index contributed by atoms with van der Waals surface area (Å²) in [5.41, 5.74) is -0.104. The van der Waals surface area contributed by atoms with E-state index in [-0.39, 0.29) is 48.2 Å². The van der Waals surface area contributed by atoms with Crippen molar-refractivity contribution in [2.45, 2.75) is 75.7 Å². The highest BCUT2D eigenvalue weighted by molar-refractivity contribution is 6.99. The van der Waals surface area contributed by atoms with Crippen molar-refractivity contribution in [3.05, 3.63) is 96.3 Å². The fourth-order valence-corrected chi connectivity index (χ4v) is 12.3. The molecule has 1 saturated carbocycles. The van der Waals surface area contributed by atoms with Crippen LogP contribution in [0.2, 0.25) is 5.04 Å². The number of aliphatic hydroxyl groups is 1. The Morgan fingerprint density at radius 3 is 2.11 bits per heavy atom. The smallest absolute Gasteiger partial charge is 0.305 e. The third kappa shape index (κ3) is 6.81. The molecule has 1 aliphatic carbocycles. The predicted octanol–water partition coefficient (Wildman–Crippen LogP) is 5.74. The molecule has 6 nitrogen and oxygen atoms in total. The molecule has 1 heterocycles. The Kier molecular flexibility index (Phi) is 10.6. The summed E-state index contributed by atoms with van der Waals surface area (Å²) in [6.45, 7) is 7.41. The normalized spacial score (nSPS) is 25.6. The summed E-state index contributed by atoms with van der Waals surface area (Å²) in [4.78, 5) is 13.0. The second-order valence-electron chi connectivity index (χ2n) is 13.5. The summed E-state index contributed by atoms with van der Waals surface area (Å²) < 4.78 is 39.5. The highest BCUT2D eigenvalue weighted by atomic mass is 28.4. The Bertz CT molecular complexity index is 1330. The van der Waals surface area contributed by atoms with Crippen molar-refractivity contribution < 1.29 is 32.9 Å². The molecule has 242 valence electrons. The van der Waals surface area contributed by atoms with Crippen LogP contribution >= 0.6 is 0 Å².